The van der Waals surface area contributed by atoms with Crippen molar-refractivity contribution in [2.45, 2.75) is 31.0 Å². The summed E-state index contributed by atoms with van der Waals surface area (Å²) in [4.78, 5) is 0. The van der Waals surface area contributed by atoms with Crippen LogP contribution in [0, 0.1) is 0 Å². The standard InChI is InChI=1S/C7H13Br/c1-4-6-7(3,8)5-2/h5H,2,4,6H2,1,3H3. The molecule has 0 amide bonds. The maximum atomic E-state index is 3.70. The maximum absolute atomic E-state index is 3.70. The highest BCUT2D eigenvalue weighted by atomic mass is 79.9. The number of alkyl halides is 1. The number of allylic oxidation sites excluding steroid dienone is 1. The SMILES string of the molecule is C=CC(C)(Br)CCC. The molecule has 0 aliphatic carbocycles. The molecule has 1 heteroatoms. The van der Waals surface area contributed by atoms with Crippen LogP contribution in [-0.2, 0) is 0 Å². The fourth-order valence-electron chi connectivity index (χ4n) is 0.591. The van der Waals surface area contributed by atoms with E-state index in [4.69, 9.17) is 0 Å². The second kappa shape index (κ2) is 3.29. The van der Waals surface area contributed by atoms with E-state index in [1.807, 2.05) is 6.08 Å². The van der Waals surface area contributed by atoms with Gasteiger partial charge in [0, 0.05) is 4.32 Å². The maximum Gasteiger partial charge on any atom is 0.0405 e. The predicted octanol–water partition coefficient (Wildman–Crippen LogP) is 3.13. The summed E-state index contributed by atoms with van der Waals surface area (Å²) in [5.41, 5.74) is 0. The minimum absolute atomic E-state index is 0.168. The summed E-state index contributed by atoms with van der Waals surface area (Å²) in [5, 5.41) is 0. The van der Waals surface area contributed by atoms with Crippen LogP contribution in [0.15, 0.2) is 12.7 Å². The van der Waals surface area contributed by atoms with Gasteiger partial charge in [-0.2, -0.15) is 0 Å². The Morgan fingerprint density at radius 1 is 1.75 bits per heavy atom. The summed E-state index contributed by atoms with van der Waals surface area (Å²) in [6, 6.07) is 0. The normalized spacial score (nSPS) is 17.4. The van der Waals surface area contributed by atoms with Crippen molar-refractivity contribution in [1.82, 2.24) is 0 Å². The van der Waals surface area contributed by atoms with E-state index in [0.717, 1.165) is 6.42 Å². The van der Waals surface area contributed by atoms with Gasteiger partial charge in [-0.3, -0.25) is 0 Å². The molecular formula is C7H13Br. The molecule has 0 spiro atoms. The molecule has 0 radical (unpaired) electrons. The molecule has 0 saturated heterocycles. The second-order valence-electron chi connectivity index (χ2n) is 2.23. The van der Waals surface area contributed by atoms with E-state index in [-0.39, 0.29) is 4.32 Å². The van der Waals surface area contributed by atoms with Crippen LogP contribution < -0.4 is 0 Å². The van der Waals surface area contributed by atoms with E-state index in [2.05, 4.69) is 36.4 Å². The highest BCUT2D eigenvalue weighted by molar-refractivity contribution is 9.10. The van der Waals surface area contributed by atoms with Crippen molar-refractivity contribution in [2.24, 2.45) is 0 Å². The third-order valence-corrected chi connectivity index (χ3v) is 1.88. The molecule has 0 aromatic heterocycles. The Morgan fingerprint density at radius 2 is 2.25 bits per heavy atom. The molecule has 0 bridgehead atoms. The molecule has 0 rings (SSSR count). The van der Waals surface area contributed by atoms with Gasteiger partial charge in [-0.1, -0.05) is 35.4 Å². The van der Waals surface area contributed by atoms with Crippen LogP contribution in [-0.4, -0.2) is 4.32 Å². The first-order valence-corrected chi connectivity index (χ1v) is 3.74. The summed E-state index contributed by atoms with van der Waals surface area (Å²) >= 11 is 3.52. The van der Waals surface area contributed by atoms with E-state index in [9.17, 15) is 0 Å². The van der Waals surface area contributed by atoms with E-state index in [1.165, 1.54) is 6.42 Å². The third-order valence-electron chi connectivity index (χ3n) is 1.16. The van der Waals surface area contributed by atoms with Gasteiger partial charge in [-0.25, -0.2) is 0 Å². The molecule has 1 atom stereocenters. The Labute approximate surface area is 60.1 Å². The zero-order chi connectivity index (χ0) is 6.62. The van der Waals surface area contributed by atoms with Gasteiger partial charge in [0.15, 0.2) is 0 Å². The highest BCUT2D eigenvalue weighted by Crippen LogP contribution is 2.23. The topological polar surface area (TPSA) is 0 Å². The zero-order valence-electron chi connectivity index (χ0n) is 5.58. The average molecular weight is 177 g/mol. The largest absolute Gasteiger partial charge is 0.102 e. The lowest BCUT2D eigenvalue weighted by Gasteiger charge is -2.14. The smallest absolute Gasteiger partial charge is 0.0405 e. The highest BCUT2D eigenvalue weighted by Gasteiger charge is 2.11. The summed E-state index contributed by atoms with van der Waals surface area (Å²) in [7, 11) is 0. The van der Waals surface area contributed by atoms with Gasteiger partial charge in [0.2, 0.25) is 0 Å². The first kappa shape index (κ1) is 8.22. The summed E-state index contributed by atoms with van der Waals surface area (Å²) in [6.07, 6.45) is 4.31. The molecule has 0 fully saturated rings. The van der Waals surface area contributed by atoms with Crippen molar-refractivity contribution in [3.8, 4) is 0 Å². The lowest BCUT2D eigenvalue weighted by Crippen LogP contribution is -2.09. The Morgan fingerprint density at radius 3 is 2.38 bits per heavy atom. The second-order valence-corrected chi connectivity index (χ2v) is 4.04. The Hall–Kier alpha value is 0.220. The van der Waals surface area contributed by atoms with Crippen LogP contribution in [0.25, 0.3) is 0 Å². The minimum atomic E-state index is 0.168. The molecular weight excluding hydrogens is 164 g/mol. The molecule has 0 aliphatic heterocycles. The van der Waals surface area contributed by atoms with Gasteiger partial charge in [0.1, 0.15) is 0 Å². The quantitative estimate of drug-likeness (QED) is 0.459. The molecule has 0 heterocycles. The Bertz CT molecular complexity index is 74.5. The molecule has 8 heavy (non-hydrogen) atoms. The predicted molar refractivity (Wildman–Crippen MR) is 42.4 cm³/mol. The van der Waals surface area contributed by atoms with Crippen molar-refractivity contribution < 1.29 is 0 Å². The van der Waals surface area contributed by atoms with Crippen LogP contribution in [0.1, 0.15) is 26.7 Å². The van der Waals surface area contributed by atoms with E-state index in [0.29, 0.717) is 0 Å². The number of halogens is 1. The first-order chi connectivity index (χ1) is 3.62. The summed E-state index contributed by atoms with van der Waals surface area (Å²) < 4.78 is 0.168. The van der Waals surface area contributed by atoms with Gasteiger partial charge in [0.05, 0.1) is 0 Å². The molecule has 1 unspecified atom stereocenters. The number of hydrogen-bond donors (Lipinski definition) is 0. The summed E-state index contributed by atoms with van der Waals surface area (Å²) in [5.74, 6) is 0. The van der Waals surface area contributed by atoms with Gasteiger partial charge < -0.3 is 0 Å². The van der Waals surface area contributed by atoms with Gasteiger partial charge in [-0.05, 0) is 13.3 Å². The average Bonchev–Trinajstić information content (AvgIpc) is 1.67. The fraction of sp³-hybridized carbons (Fsp3) is 0.714. The van der Waals surface area contributed by atoms with Crippen molar-refractivity contribution >= 4 is 15.9 Å². The van der Waals surface area contributed by atoms with Crippen LogP contribution >= 0.6 is 15.9 Å². The van der Waals surface area contributed by atoms with Crippen LogP contribution in [0.3, 0.4) is 0 Å². The molecule has 0 saturated carbocycles. The molecule has 0 nitrogen and oxygen atoms in total. The lowest BCUT2D eigenvalue weighted by atomic mass is 10.1. The Balaban J connectivity index is 3.53. The van der Waals surface area contributed by atoms with Crippen molar-refractivity contribution in [3.63, 3.8) is 0 Å². The Kier molecular flexibility index (Phi) is 3.38. The molecule has 0 aromatic carbocycles. The molecule has 48 valence electrons. The van der Waals surface area contributed by atoms with Gasteiger partial charge in [0.25, 0.3) is 0 Å². The third kappa shape index (κ3) is 3.25. The van der Waals surface area contributed by atoms with Crippen LogP contribution in [0.5, 0.6) is 0 Å². The van der Waals surface area contributed by atoms with Crippen LogP contribution in [0.2, 0.25) is 0 Å². The number of hydrogen-bond acceptors (Lipinski definition) is 0. The fourth-order valence-corrected chi connectivity index (χ4v) is 0.987. The first-order valence-electron chi connectivity index (χ1n) is 2.95. The molecule has 0 aromatic rings. The van der Waals surface area contributed by atoms with E-state index >= 15 is 0 Å². The minimum Gasteiger partial charge on any atom is -0.102 e. The summed E-state index contributed by atoms with van der Waals surface area (Å²) in [6.45, 7) is 8.00. The van der Waals surface area contributed by atoms with Crippen molar-refractivity contribution in [3.05, 3.63) is 12.7 Å². The van der Waals surface area contributed by atoms with E-state index < -0.39 is 0 Å². The lowest BCUT2D eigenvalue weighted by molar-refractivity contribution is 0.694. The monoisotopic (exact) mass is 176 g/mol. The molecule has 0 aliphatic rings. The zero-order valence-corrected chi connectivity index (χ0v) is 7.16. The van der Waals surface area contributed by atoms with Crippen LogP contribution in [0.4, 0.5) is 0 Å². The van der Waals surface area contributed by atoms with Crippen molar-refractivity contribution in [2.75, 3.05) is 0 Å². The van der Waals surface area contributed by atoms with Gasteiger partial charge >= 0.3 is 0 Å². The van der Waals surface area contributed by atoms with Gasteiger partial charge in [-0.15, -0.1) is 6.58 Å². The van der Waals surface area contributed by atoms with Crippen molar-refractivity contribution in [1.29, 1.82) is 0 Å². The number of rotatable bonds is 3. The molecule has 0 N–H and O–H groups in total. The van der Waals surface area contributed by atoms with E-state index in [1.54, 1.807) is 0 Å².